The van der Waals surface area contributed by atoms with E-state index in [1.807, 2.05) is 44.2 Å². The predicted molar refractivity (Wildman–Crippen MR) is 128 cm³/mol. The molecule has 7 heteroatoms. The van der Waals surface area contributed by atoms with Gasteiger partial charge in [-0.15, -0.1) is 0 Å². The SMILES string of the molecule is COc1ccc(CCC2(C)NC(=O)N(CC(=O)c3cc(C)n(CCC(C)C)c3C)C2=O)cc1. The molecule has 2 aromatic rings. The van der Waals surface area contributed by atoms with Crippen molar-refractivity contribution in [2.45, 2.75) is 66.0 Å². The van der Waals surface area contributed by atoms with Crippen LogP contribution in [0.1, 0.15) is 60.9 Å². The first-order valence-electron chi connectivity index (χ1n) is 11.5. The molecule has 178 valence electrons. The van der Waals surface area contributed by atoms with E-state index in [1.165, 1.54) is 0 Å². The van der Waals surface area contributed by atoms with Gasteiger partial charge in [-0.1, -0.05) is 26.0 Å². The van der Waals surface area contributed by atoms with Gasteiger partial charge in [0, 0.05) is 23.5 Å². The number of rotatable bonds is 10. The Hall–Kier alpha value is -3.09. The van der Waals surface area contributed by atoms with E-state index in [1.54, 1.807) is 14.0 Å². The molecule has 3 amide bonds. The van der Waals surface area contributed by atoms with Crippen molar-refractivity contribution < 1.29 is 19.1 Å². The quantitative estimate of drug-likeness (QED) is 0.430. The number of carbonyl (C=O) groups is 3. The smallest absolute Gasteiger partial charge is 0.325 e. The second-order valence-corrected chi connectivity index (χ2v) is 9.54. The molecule has 1 aromatic carbocycles. The highest BCUT2D eigenvalue weighted by Gasteiger charge is 2.48. The first-order chi connectivity index (χ1) is 15.6. The number of hydrogen-bond donors (Lipinski definition) is 1. The Morgan fingerprint density at radius 3 is 2.42 bits per heavy atom. The molecular formula is C26H35N3O4. The van der Waals surface area contributed by atoms with Crippen LogP contribution in [0.5, 0.6) is 5.75 Å². The van der Waals surface area contributed by atoms with E-state index in [-0.39, 0.29) is 18.2 Å². The normalized spacial score (nSPS) is 18.2. The Morgan fingerprint density at radius 1 is 1.15 bits per heavy atom. The molecule has 1 unspecified atom stereocenters. The van der Waals surface area contributed by atoms with Crippen LogP contribution in [-0.4, -0.2) is 46.4 Å². The van der Waals surface area contributed by atoms with Crippen LogP contribution in [0.3, 0.4) is 0 Å². The summed E-state index contributed by atoms with van der Waals surface area (Å²) < 4.78 is 7.31. The van der Waals surface area contributed by atoms with Gasteiger partial charge in [-0.3, -0.25) is 14.5 Å². The molecule has 0 saturated carbocycles. The molecule has 0 bridgehead atoms. The minimum absolute atomic E-state index is 0.221. The van der Waals surface area contributed by atoms with Crippen molar-refractivity contribution in [1.82, 2.24) is 14.8 Å². The van der Waals surface area contributed by atoms with Gasteiger partial charge < -0.3 is 14.6 Å². The molecule has 1 atom stereocenters. The number of imide groups is 1. The number of carbonyl (C=O) groups excluding carboxylic acids is 3. The maximum atomic E-state index is 13.1. The summed E-state index contributed by atoms with van der Waals surface area (Å²) in [6, 6.07) is 8.97. The zero-order chi connectivity index (χ0) is 24.3. The van der Waals surface area contributed by atoms with Crippen LogP contribution in [-0.2, 0) is 17.8 Å². The Morgan fingerprint density at radius 2 is 1.82 bits per heavy atom. The summed E-state index contributed by atoms with van der Waals surface area (Å²) in [4.78, 5) is 39.9. The molecule has 1 N–H and O–H groups in total. The third-order valence-corrected chi connectivity index (χ3v) is 6.52. The number of urea groups is 1. The largest absolute Gasteiger partial charge is 0.497 e. The maximum Gasteiger partial charge on any atom is 0.325 e. The van der Waals surface area contributed by atoms with Crippen LogP contribution in [0.2, 0.25) is 0 Å². The molecule has 1 saturated heterocycles. The molecule has 0 aliphatic carbocycles. The highest BCUT2D eigenvalue weighted by Crippen LogP contribution is 2.25. The van der Waals surface area contributed by atoms with Crippen molar-refractivity contribution in [3.8, 4) is 5.75 Å². The minimum Gasteiger partial charge on any atom is -0.497 e. The number of ketones is 1. The van der Waals surface area contributed by atoms with Gasteiger partial charge in [0.15, 0.2) is 5.78 Å². The van der Waals surface area contributed by atoms with Crippen LogP contribution in [0.25, 0.3) is 0 Å². The molecule has 3 rings (SSSR count). The number of nitrogens with one attached hydrogen (secondary N) is 1. The van der Waals surface area contributed by atoms with Gasteiger partial charge in [-0.2, -0.15) is 0 Å². The van der Waals surface area contributed by atoms with E-state index in [4.69, 9.17) is 4.74 Å². The van der Waals surface area contributed by atoms with Crippen molar-refractivity contribution in [3.05, 3.63) is 52.8 Å². The van der Waals surface area contributed by atoms with Crippen LogP contribution in [0.4, 0.5) is 4.79 Å². The summed E-state index contributed by atoms with van der Waals surface area (Å²) >= 11 is 0. The van der Waals surface area contributed by atoms with Crippen LogP contribution >= 0.6 is 0 Å². The summed E-state index contributed by atoms with van der Waals surface area (Å²) in [5.74, 6) is 0.750. The fourth-order valence-electron chi connectivity index (χ4n) is 4.29. The summed E-state index contributed by atoms with van der Waals surface area (Å²) in [6.45, 7) is 10.6. The minimum atomic E-state index is -1.04. The van der Waals surface area contributed by atoms with Gasteiger partial charge >= 0.3 is 6.03 Å². The molecular weight excluding hydrogens is 418 g/mol. The molecule has 1 aliphatic heterocycles. The van der Waals surface area contributed by atoms with Crippen molar-refractivity contribution >= 4 is 17.7 Å². The van der Waals surface area contributed by atoms with Crippen LogP contribution < -0.4 is 10.1 Å². The number of Topliss-reactive ketones (excluding diaryl/α,β-unsaturated/α-hetero) is 1. The van der Waals surface area contributed by atoms with Gasteiger partial charge in [-0.25, -0.2) is 4.79 Å². The molecule has 2 heterocycles. The fraction of sp³-hybridized carbons (Fsp3) is 0.500. The van der Waals surface area contributed by atoms with Crippen molar-refractivity contribution in [2.24, 2.45) is 5.92 Å². The Bertz CT molecular complexity index is 1040. The lowest BCUT2D eigenvalue weighted by Gasteiger charge is -2.21. The number of hydrogen-bond acceptors (Lipinski definition) is 4. The molecule has 7 nitrogen and oxygen atoms in total. The monoisotopic (exact) mass is 453 g/mol. The van der Waals surface area contributed by atoms with E-state index in [9.17, 15) is 14.4 Å². The van der Waals surface area contributed by atoms with E-state index in [0.29, 0.717) is 24.3 Å². The van der Waals surface area contributed by atoms with E-state index in [2.05, 4.69) is 23.7 Å². The standard InChI is InChI=1S/C26H35N3O4/c1-17(2)12-14-28-18(3)15-22(19(28)4)23(30)16-29-24(31)26(5,27-25(29)32)13-11-20-7-9-21(33-6)10-8-20/h7-10,15,17H,11-14,16H2,1-6H3,(H,27,32). The average molecular weight is 454 g/mol. The van der Waals surface area contributed by atoms with Gasteiger partial charge in [-0.05, 0) is 69.7 Å². The lowest BCUT2D eigenvalue weighted by atomic mass is 9.93. The number of aromatic nitrogens is 1. The molecule has 33 heavy (non-hydrogen) atoms. The predicted octanol–water partition coefficient (Wildman–Crippen LogP) is 4.29. The molecule has 0 spiro atoms. The number of ether oxygens (including phenoxy) is 1. The van der Waals surface area contributed by atoms with Crippen molar-refractivity contribution in [1.29, 1.82) is 0 Å². The summed E-state index contributed by atoms with van der Waals surface area (Å²) in [7, 11) is 1.61. The van der Waals surface area contributed by atoms with Crippen LogP contribution in [0.15, 0.2) is 30.3 Å². The second-order valence-electron chi connectivity index (χ2n) is 9.54. The lowest BCUT2D eigenvalue weighted by molar-refractivity contribution is -0.130. The number of nitrogens with zero attached hydrogens (tertiary/aromatic N) is 2. The number of benzene rings is 1. The lowest BCUT2D eigenvalue weighted by Crippen LogP contribution is -2.44. The zero-order valence-electron chi connectivity index (χ0n) is 20.5. The molecule has 1 fully saturated rings. The summed E-state index contributed by atoms with van der Waals surface area (Å²) in [6.07, 6.45) is 2.08. The van der Waals surface area contributed by atoms with E-state index >= 15 is 0 Å². The number of amides is 3. The van der Waals surface area contributed by atoms with Gasteiger partial charge in [0.05, 0.1) is 13.7 Å². The maximum absolute atomic E-state index is 13.1. The molecule has 1 aliphatic rings. The zero-order valence-corrected chi connectivity index (χ0v) is 20.5. The first-order valence-corrected chi connectivity index (χ1v) is 11.5. The first kappa shape index (κ1) is 24.6. The van der Waals surface area contributed by atoms with E-state index in [0.717, 1.165) is 40.6 Å². The van der Waals surface area contributed by atoms with Crippen molar-refractivity contribution in [2.75, 3.05) is 13.7 Å². The van der Waals surface area contributed by atoms with Gasteiger partial charge in [0.25, 0.3) is 5.91 Å². The highest BCUT2D eigenvalue weighted by molar-refractivity contribution is 6.11. The van der Waals surface area contributed by atoms with Gasteiger partial charge in [0.2, 0.25) is 0 Å². The number of methoxy groups -OCH3 is 1. The van der Waals surface area contributed by atoms with E-state index < -0.39 is 11.6 Å². The Kier molecular flexibility index (Phi) is 7.30. The number of aryl methyl sites for hydroxylation is 2. The topological polar surface area (TPSA) is 80.6 Å². The highest BCUT2D eigenvalue weighted by atomic mass is 16.5. The fourth-order valence-corrected chi connectivity index (χ4v) is 4.29. The van der Waals surface area contributed by atoms with Crippen LogP contribution in [0, 0.1) is 19.8 Å². The second kappa shape index (κ2) is 9.81. The van der Waals surface area contributed by atoms with Gasteiger partial charge in [0.1, 0.15) is 11.3 Å². The third-order valence-electron chi connectivity index (χ3n) is 6.52. The third kappa shape index (κ3) is 5.29. The summed E-state index contributed by atoms with van der Waals surface area (Å²) in [5.41, 5.74) is 2.47. The average Bonchev–Trinajstić information content (AvgIpc) is 3.18. The Labute approximate surface area is 196 Å². The van der Waals surface area contributed by atoms with Crippen molar-refractivity contribution in [3.63, 3.8) is 0 Å². The Balaban J connectivity index is 1.68. The molecule has 1 aromatic heterocycles. The summed E-state index contributed by atoms with van der Waals surface area (Å²) in [5, 5.41) is 2.80. The molecule has 0 radical (unpaired) electrons.